The Kier molecular flexibility index (Phi) is 4.97. The molecule has 166 valence electrons. The molecule has 1 saturated heterocycles. The molecule has 3 aliphatic rings. The Morgan fingerprint density at radius 3 is 2.84 bits per heavy atom. The number of anilines is 3. The zero-order valence-electron chi connectivity index (χ0n) is 17.7. The fourth-order valence-corrected chi connectivity index (χ4v) is 5.47. The molecule has 4 heterocycles. The summed E-state index contributed by atoms with van der Waals surface area (Å²) in [5.74, 6) is 1.62. The standard InChI is InChI=1S/C22H23ClN6O3/c1-28-17-15(32-12-8-24)5-4-14(23)16(17)22(20(28)31)6-10-29(11-7-22)21-26-18-13(19(30)27-21)3-2-9-25-18/h4-5H,2-3,6-7,9-12H2,1H3,(H2,25,26,27,30). The highest BCUT2D eigenvalue weighted by molar-refractivity contribution is 6.33. The third-order valence-electron chi connectivity index (χ3n) is 6.73. The van der Waals surface area contributed by atoms with Crippen LogP contribution in [0.25, 0.3) is 0 Å². The Morgan fingerprint density at radius 1 is 1.31 bits per heavy atom. The molecule has 32 heavy (non-hydrogen) atoms. The van der Waals surface area contributed by atoms with Gasteiger partial charge in [-0.3, -0.25) is 14.6 Å². The number of hydrogen-bond acceptors (Lipinski definition) is 7. The van der Waals surface area contributed by atoms with E-state index in [9.17, 15) is 9.59 Å². The fraction of sp³-hybridized carbons (Fsp3) is 0.455. The second-order valence-corrected chi connectivity index (χ2v) is 8.80. The molecule has 0 radical (unpaired) electrons. The summed E-state index contributed by atoms with van der Waals surface area (Å²) in [5, 5.41) is 12.6. The summed E-state index contributed by atoms with van der Waals surface area (Å²) in [5.41, 5.74) is 1.22. The van der Waals surface area contributed by atoms with Gasteiger partial charge in [-0.05, 0) is 37.8 Å². The molecule has 0 atom stereocenters. The Balaban J connectivity index is 1.46. The zero-order valence-corrected chi connectivity index (χ0v) is 18.5. The number of aromatic amines is 1. The molecule has 9 nitrogen and oxygen atoms in total. The summed E-state index contributed by atoms with van der Waals surface area (Å²) in [4.78, 5) is 37.1. The van der Waals surface area contributed by atoms with Crippen molar-refractivity contribution >= 4 is 35.0 Å². The summed E-state index contributed by atoms with van der Waals surface area (Å²) in [6, 6.07) is 5.39. The number of fused-ring (bicyclic) bond motifs is 3. The van der Waals surface area contributed by atoms with Gasteiger partial charge < -0.3 is 19.9 Å². The molecule has 2 aromatic rings. The first-order chi connectivity index (χ1) is 15.5. The van der Waals surface area contributed by atoms with Gasteiger partial charge in [0.15, 0.2) is 6.61 Å². The predicted octanol–water partition coefficient (Wildman–Crippen LogP) is 2.20. The molecule has 1 fully saturated rings. The smallest absolute Gasteiger partial charge is 0.257 e. The molecular weight excluding hydrogens is 432 g/mol. The lowest BCUT2D eigenvalue weighted by atomic mass is 9.73. The van der Waals surface area contributed by atoms with E-state index < -0.39 is 5.41 Å². The molecular formula is C22H23ClN6O3. The zero-order chi connectivity index (χ0) is 22.5. The molecule has 10 heteroatoms. The Bertz CT molecular complexity index is 1200. The third-order valence-corrected chi connectivity index (χ3v) is 7.04. The van der Waals surface area contributed by atoms with Crippen molar-refractivity contribution in [2.75, 3.05) is 48.4 Å². The minimum atomic E-state index is -0.767. The minimum absolute atomic E-state index is 0.0318. The fourth-order valence-electron chi connectivity index (χ4n) is 5.14. The number of nitrogens with one attached hydrogen (secondary N) is 2. The Hall–Kier alpha value is -3.25. The molecule has 2 N–H and O–H groups in total. The minimum Gasteiger partial charge on any atom is -0.477 e. The summed E-state index contributed by atoms with van der Waals surface area (Å²) < 4.78 is 5.58. The number of nitriles is 1. The van der Waals surface area contributed by atoms with Crippen LogP contribution < -0.4 is 25.4 Å². The van der Waals surface area contributed by atoms with Crippen molar-refractivity contribution in [3.63, 3.8) is 0 Å². The van der Waals surface area contributed by atoms with Crippen LogP contribution in [0.3, 0.4) is 0 Å². The van der Waals surface area contributed by atoms with Crippen LogP contribution in [-0.2, 0) is 16.6 Å². The van der Waals surface area contributed by atoms with Crippen molar-refractivity contribution in [2.45, 2.75) is 31.1 Å². The number of likely N-dealkylation sites (N-methyl/N-ethyl adjacent to an activating group) is 1. The van der Waals surface area contributed by atoms with Crippen molar-refractivity contribution in [2.24, 2.45) is 0 Å². The van der Waals surface area contributed by atoms with Crippen molar-refractivity contribution in [3.05, 3.63) is 38.6 Å². The lowest BCUT2D eigenvalue weighted by Gasteiger charge is -2.39. The summed E-state index contributed by atoms with van der Waals surface area (Å²) >= 11 is 6.60. The molecule has 0 unspecified atom stereocenters. The van der Waals surface area contributed by atoms with Gasteiger partial charge in [0.05, 0.1) is 16.7 Å². The average Bonchev–Trinajstić information content (AvgIpc) is 3.02. The number of piperidine rings is 1. The number of amides is 1. The molecule has 1 aromatic heterocycles. The molecule has 3 aliphatic heterocycles. The maximum Gasteiger partial charge on any atom is 0.257 e. The Morgan fingerprint density at radius 2 is 2.09 bits per heavy atom. The van der Waals surface area contributed by atoms with E-state index in [1.165, 1.54) is 0 Å². The number of rotatable bonds is 3. The van der Waals surface area contributed by atoms with Crippen molar-refractivity contribution in [3.8, 4) is 11.8 Å². The summed E-state index contributed by atoms with van der Waals surface area (Å²) in [6.45, 7) is 1.78. The van der Waals surface area contributed by atoms with Crippen molar-refractivity contribution in [1.82, 2.24) is 9.97 Å². The molecule has 0 aliphatic carbocycles. The van der Waals surface area contributed by atoms with Crippen LogP contribution in [0.2, 0.25) is 5.02 Å². The first-order valence-electron chi connectivity index (χ1n) is 10.7. The van der Waals surface area contributed by atoms with Gasteiger partial charge in [-0.2, -0.15) is 10.2 Å². The third kappa shape index (κ3) is 3.01. The number of carbonyl (C=O) groups excluding carboxylic acids is 1. The van der Waals surface area contributed by atoms with E-state index in [4.69, 9.17) is 21.6 Å². The number of ether oxygens (including phenoxy) is 1. The topological polar surface area (TPSA) is 114 Å². The van der Waals surface area contributed by atoms with E-state index in [0.717, 1.165) is 24.9 Å². The van der Waals surface area contributed by atoms with Crippen molar-refractivity contribution in [1.29, 1.82) is 5.26 Å². The number of hydrogen-bond donors (Lipinski definition) is 2. The lowest BCUT2D eigenvalue weighted by molar-refractivity contribution is -0.123. The lowest BCUT2D eigenvalue weighted by Crippen LogP contribution is -2.49. The van der Waals surface area contributed by atoms with Crippen LogP contribution in [0.1, 0.15) is 30.4 Å². The highest BCUT2D eigenvalue weighted by atomic mass is 35.5. The van der Waals surface area contributed by atoms with E-state index in [1.807, 2.05) is 11.0 Å². The van der Waals surface area contributed by atoms with Gasteiger partial charge in [-0.25, -0.2) is 0 Å². The summed E-state index contributed by atoms with van der Waals surface area (Å²) in [7, 11) is 1.71. The summed E-state index contributed by atoms with van der Waals surface area (Å²) in [6.07, 6.45) is 2.69. The van der Waals surface area contributed by atoms with Crippen LogP contribution >= 0.6 is 11.6 Å². The van der Waals surface area contributed by atoms with Gasteiger partial charge in [-0.15, -0.1) is 0 Å². The number of benzene rings is 1. The van der Waals surface area contributed by atoms with E-state index in [-0.39, 0.29) is 18.1 Å². The SMILES string of the molecule is CN1C(=O)C2(CCN(c3nc4c(c(=O)[nH]3)CCCN4)CC2)c2c(Cl)ccc(OCC#N)c21. The number of H-pyrrole nitrogens is 1. The number of nitrogens with zero attached hydrogens (tertiary/aromatic N) is 4. The van der Waals surface area contributed by atoms with Crippen LogP contribution in [0.4, 0.5) is 17.5 Å². The number of halogens is 1. The second kappa shape index (κ2) is 7.71. The molecule has 1 amide bonds. The van der Waals surface area contributed by atoms with E-state index in [1.54, 1.807) is 24.1 Å². The van der Waals surface area contributed by atoms with Crippen LogP contribution in [0.15, 0.2) is 16.9 Å². The molecule has 1 spiro atoms. The van der Waals surface area contributed by atoms with Gasteiger partial charge in [0.1, 0.15) is 17.6 Å². The van der Waals surface area contributed by atoms with Gasteiger partial charge in [0, 0.05) is 37.3 Å². The molecule has 0 bridgehead atoms. The van der Waals surface area contributed by atoms with Gasteiger partial charge in [0.2, 0.25) is 11.9 Å². The number of aromatic nitrogens is 2. The van der Waals surface area contributed by atoms with Gasteiger partial charge in [0.25, 0.3) is 5.56 Å². The molecule has 5 rings (SSSR count). The van der Waals surface area contributed by atoms with E-state index >= 15 is 0 Å². The van der Waals surface area contributed by atoms with Crippen LogP contribution in [-0.4, -0.2) is 49.2 Å². The maximum atomic E-state index is 13.5. The molecule has 1 aromatic carbocycles. The second-order valence-electron chi connectivity index (χ2n) is 8.40. The predicted molar refractivity (Wildman–Crippen MR) is 121 cm³/mol. The number of carbonyl (C=O) groups is 1. The van der Waals surface area contributed by atoms with E-state index in [2.05, 4.69) is 15.3 Å². The van der Waals surface area contributed by atoms with Gasteiger partial charge >= 0.3 is 0 Å². The van der Waals surface area contributed by atoms with Crippen LogP contribution in [0, 0.1) is 11.3 Å². The monoisotopic (exact) mass is 454 g/mol. The molecule has 0 saturated carbocycles. The first kappa shape index (κ1) is 20.6. The Labute approximate surface area is 189 Å². The maximum absolute atomic E-state index is 13.5. The van der Waals surface area contributed by atoms with Crippen LogP contribution in [0.5, 0.6) is 5.75 Å². The first-order valence-corrected chi connectivity index (χ1v) is 11.1. The van der Waals surface area contributed by atoms with E-state index in [0.29, 0.717) is 59.7 Å². The normalized spacial score (nSPS) is 18.7. The largest absolute Gasteiger partial charge is 0.477 e. The van der Waals surface area contributed by atoms with Gasteiger partial charge in [-0.1, -0.05) is 11.6 Å². The quantitative estimate of drug-likeness (QED) is 0.730. The highest BCUT2D eigenvalue weighted by Gasteiger charge is 2.53. The van der Waals surface area contributed by atoms with Crippen molar-refractivity contribution < 1.29 is 9.53 Å². The average molecular weight is 455 g/mol. The highest BCUT2D eigenvalue weighted by Crippen LogP contribution is 2.54.